The van der Waals surface area contributed by atoms with Crippen molar-refractivity contribution in [3.63, 3.8) is 0 Å². The Kier molecular flexibility index (Phi) is 3.77. The first-order valence-electron chi connectivity index (χ1n) is 6.46. The van der Waals surface area contributed by atoms with Crippen molar-refractivity contribution < 1.29 is 4.79 Å². The van der Waals surface area contributed by atoms with Crippen LogP contribution in [0.1, 0.15) is 26.1 Å². The van der Waals surface area contributed by atoms with Gasteiger partial charge in [0.15, 0.2) is 16.6 Å². The van der Waals surface area contributed by atoms with Crippen LogP contribution in [0.4, 0.5) is 0 Å². The largest absolute Gasteiger partial charge is 0.292 e. The Morgan fingerprint density at radius 3 is 2.81 bits per heavy atom. The molecule has 0 saturated heterocycles. The van der Waals surface area contributed by atoms with Crippen LogP contribution in [0, 0.1) is 20.8 Å². The van der Waals surface area contributed by atoms with Crippen molar-refractivity contribution in [2.75, 3.05) is 5.75 Å². The molecule has 3 aromatic rings. The van der Waals surface area contributed by atoms with E-state index in [1.807, 2.05) is 43.4 Å². The first-order valence-corrected chi connectivity index (χ1v) is 8.26. The van der Waals surface area contributed by atoms with E-state index in [0.717, 1.165) is 26.9 Å². The monoisotopic (exact) mass is 318 g/mol. The number of Topliss-reactive ketones (excluding diaryl/α,β-unsaturated/α-hetero) is 1. The first-order chi connectivity index (χ1) is 10.0. The average molecular weight is 318 g/mol. The predicted octanol–water partition coefficient (Wildman–Crippen LogP) is 3.09. The van der Waals surface area contributed by atoms with Crippen LogP contribution in [-0.2, 0) is 0 Å². The molecule has 0 saturated carbocycles. The third-order valence-corrected chi connectivity index (χ3v) is 4.98. The molecule has 0 atom stereocenters. The number of nitrogens with zero attached hydrogens (tertiary/aromatic N) is 4. The van der Waals surface area contributed by atoms with Crippen LogP contribution < -0.4 is 0 Å². The number of aryl methyl sites for hydroxylation is 3. The topological polar surface area (TPSA) is 60.2 Å². The Labute approximate surface area is 130 Å². The summed E-state index contributed by atoms with van der Waals surface area (Å²) < 4.78 is 1.88. The molecule has 0 radical (unpaired) electrons. The highest BCUT2D eigenvalue weighted by molar-refractivity contribution is 7.99. The molecule has 0 N–H and O–H groups in total. The zero-order valence-electron chi connectivity index (χ0n) is 12.0. The summed E-state index contributed by atoms with van der Waals surface area (Å²) in [5.41, 5.74) is 1.68. The molecule has 7 heteroatoms. The van der Waals surface area contributed by atoms with Gasteiger partial charge in [-0.25, -0.2) is 4.98 Å². The maximum absolute atomic E-state index is 12.1. The van der Waals surface area contributed by atoms with Crippen LogP contribution in [0.25, 0.3) is 5.65 Å². The molecule has 0 amide bonds. The Bertz CT molecular complexity index is 822. The smallest absolute Gasteiger partial charge is 0.197 e. The second-order valence-electron chi connectivity index (χ2n) is 4.74. The third kappa shape index (κ3) is 2.84. The van der Waals surface area contributed by atoms with Crippen molar-refractivity contribution in [1.82, 2.24) is 19.6 Å². The van der Waals surface area contributed by atoms with E-state index in [1.165, 1.54) is 23.1 Å². The SMILES string of the molecule is Cc1cc2nnc(SCC(=O)c3ccc(C)s3)n2c(C)n1. The molecule has 0 bridgehead atoms. The van der Waals surface area contributed by atoms with Crippen molar-refractivity contribution in [1.29, 1.82) is 0 Å². The van der Waals surface area contributed by atoms with Gasteiger partial charge in [-0.15, -0.1) is 21.5 Å². The molecule has 0 aliphatic carbocycles. The van der Waals surface area contributed by atoms with Crippen LogP contribution in [0.15, 0.2) is 23.4 Å². The summed E-state index contributed by atoms with van der Waals surface area (Å²) in [4.78, 5) is 18.5. The lowest BCUT2D eigenvalue weighted by Gasteiger charge is -2.03. The molecule has 3 heterocycles. The fourth-order valence-electron chi connectivity index (χ4n) is 2.08. The summed E-state index contributed by atoms with van der Waals surface area (Å²) in [7, 11) is 0. The molecule has 0 aliphatic heterocycles. The summed E-state index contributed by atoms with van der Waals surface area (Å²) in [5.74, 6) is 1.30. The molecule has 0 aliphatic rings. The van der Waals surface area contributed by atoms with Gasteiger partial charge >= 0.3 is 0 Å². The quantitative estimate of drug-likeness (QED) is 0.546. The Balaban J connectivity index is 1.81. The van der Waals surface area contributed by atoms with Crippen LogP contribution in [0.3, 0.4) is 0 Å². The maximum Gasteiger partial charge on any atom is 0.197 e. The van der Waals surface area contributed by atoms with Crippen LogP contribution in [-0.4, -0.2) is 31.1 Å². The summed E-state index contributed by atoms with van der Waals surface area (Å²) in [6, 6.07) is 5.72. The molecule has 3 rings (SSSR count). The van der Waals surface area contributed by atoms with Gasteiger partial charge in [0.1, 0.15) is 5.82 Å². The minimum absolute atomic E-state index is 0.118. The van der Waals surface area contributed by atoms with E-state index in [0.29, 0.717) is 10.9 Å². The van der Waals surface area contributed by atoms with Gasteiger partial charge in [0.05, 0.1) is 10.6 Å². The van der Waals surface area contributed by atoms with Crippen molar-refractivity contribution in [3.8, 4) is 0 Å². The van der Waals surface area contributed by atoms with E-state index in [1.54, 1.807) is 0 Å². The number of thiophene rings is 1. The summed E-state index contributed by atoms with van der Waals surface area (Å²) in [6.45, 7) is 5.84. The zero-order chi connectivity index (χ0) is 15.0. The summed E-state index contributed by atoms with van der Waals surface area (Å²) in [6.07, 6.45) is 0. The Morgan fingerprint density at radius 1 is 1.29 bits per heavy atom. The average Bonchev–Trinajstić information content (AvgIpc) is 3.02. The highest BCUT2D eigenvalue weighted by Gasteiger charge is 2.14. The van der Waals surface area contributed by atoms with Crippen molar-refractivity contribution >= 4 is 34.5 Å². The van der Waals surface area contributed by atoms with E-state index in [2.05, 4.69) is 15.2 Å². The van der Waals surface area contributed by atoms with Gasteiger partial charge < -0.3 is 0 Å². The van der Waals surface area contributed by atoms with Crippen molar-refractivity contribution in [2.45, 2.75) is 25.9 Å². The standard InChI is InChI=1S/C14H14N4OS2/c1-8-6-13-16-17-14(18(13)10(3)15-8)20-7-11(19)12-5-4-9(2)21-12/h4-6H,7H2,1-3H3. The number of thioether (sulfide) groups is 1. The van der Waals surface area contributed by atoms with E-state index in [9.17, 15) is 4.79 Å². The van der Waals surface area contributed by atoms with Gasteiger partial charge in [-0.1, -0.05) is 11.8 Å². The van der Waals surface area contributed by atoms with Gasteiger partial charge in [0.2, 0.25) is 0 Å². The van der Waals surface area contributed by atoms with Gasteiger partial charge in [0, 0.05) is 16.6 Å². The molecule has 108 valence electrons. The normalized spacial score (nSPS) is 11.2. The number of hydrogen-bond acceptors (Lipinski definition) is 6. The van der Waals surface area contributed by atoms with E-state index >= 15 is 0 Å². The molecular weight excluding hydrogens is 304 g/mol. The summed E-state index contributed by atoms with van der Waals surface area (Å²) in [5, 5.41) is 9.00. The van der Waals surface area contributed by atoms with E-state index in [4.69, 9.17) is 0 Å². The van der Waals surface area contributed by atoms with Crippen LogP contribution >= 0.6 is 23.1 Å². The number of fused-ring (bicyclic) bond motifs is 1. The lowest BCUT2D eigenvalue weighted by molar-refractivity contribution is 0.102. The lowest BCUT2D eigenvalue weighted by Crippen LogP contribution is -2.02. The number of ketones is 1. The minimum Gasteiger partial charge on any atom is -0.292 e. The molecule has 0 spiro atoms. The molecule has 5 nitrogen and oxygen atoms in total. The molecule has 0 unspecified atom stereocenters. The molecule has 3 aromatic heterocycles. The first kappa shape index (κ1) is 14.2. The minimum atomic E-state index is 0.118. The summed E-state index contributed by atoms with van der Waals surface area (Å²) >= 11 is 2.92. The van der Waals surface area contributed by atoms with Crippen LogP contribution in [0.2, 0.25) is 0 Å². The number of rotatable bonds is 4. The van der Waals surface area contributed by atoms with E-state index < -0.39 is 0 Å². The highest BCUT2D eigenvalue weighted by atomic mass is 32.2. The third-order valence-electron chi connectivity index (χ3n) is 3.01. The molecular formula is C14H14N4OS2. The maximum atomic E-state index is 12.1. The molecule has 0 fully saturated rings. The number of carbonyl (C=O) groups excluding carboxylic acids is 1. The van der Waals surface area contributed by atoms with E-state index in [-0.39, 0.29) is 5.78 Å². The number of hydrogen-bond donors (Lipinski definition) is 0. The second kappa shape index (κ2) is 5.57. The van der Waals surface area contributed by atoms with Crippen molar-refractivity contribution in [2.24, 2.45) is 0 Å². The Hall–Kier alpha value is -1.73. The number of carbonyl (C=O) groups is 1. The predicted molar refractivity (Wildman–Crippen MR) is 84.4 cm³/mol. The van der Waals surface area contributed by atoms with Gasteiger partial charge in [-0.2, -0.15) is 0 Å². The number of aromatic nitrogens is 4. The fourth-order valence-corrected chi connectivity index (χ4v) is 3.85. The molecule has 0 aromatic carbocycles. The van der Waals surface area contributed by atoms with Gasteiger partial charge in [-0.3, -0.25) is 9.20 Å². The second-order valence-corrected chi connectivity index (χ2v) is 6.97. The van der Waals surface area contributed by atoms with Gasteiger partial charge in [0.25, 0.3) is 0 Å². The Morgan fingerprint density at radius 2 is 2.10 bits per heavy atom. The lowest BCUT2D eigenvalue weighted by atomic mass is 10.3. The van der Waals surface area contributed by atoms with Crippen molar-refractivity contribution in [3.05, 3.63) is 39.5 Å². The zero-order valence-corrected chi connectivity index (χ0v) is 13.6. The fraction of sp³-hybridized carbons (Fsp3) is 0.286. The highest BCUT2D eigenvalue weighted by Crippen LogP contribution is 2.22. The molecule has 21 heavy (non-hydrogen) atoms. The van der Waals surface area contributed by atoms with Crippen LogP contribution in [0.5, 0.6) is 0 Å². The van der Waals surface area contributed by atoms with Gasteiger partial charge in [-0.05, 0) is 32.9 Å².